The molecule has 1 atom stereocenters. The highest BCUT2D eigenvalue weighted by Gasteiger charge is 2.35. The SMILES string of the molecule is Cc1ncsc1CN(C)C1(CN)CCCN(C(C)C)CC1. The normalized spacial score (nSPS) is 24.7. The Labute approximate surface area is 133 Å². The van der Waals surface area contributed by atoms with Crippen molar-refractivity contribution in [3.05, 3.63) is 16.1 Å². The van der Waals surface area contributed by atoms with Gasteiger partial charge in [-0.3, -0.25) is 4.90 Å². The summed E-state index contributed by atoms with van der Waals surface area (Å²) in [5.74, 6) is 0. The average Bonchev–Trinajstić information content (AvgIpc) is 2.74. The second-order valence-electron chi connectivity index (χ2n) is 6.63. The molecule has 21 heavy (non-hydrogen) atoms. The van der Waals surface area contributed by atoms with Gasteiger partial charge in [0.25, 0.3) is 0 Å². The Morgan fingerprint density at radius 1 is 1.43 bits per heavy atom. The van der Waals surface area contributed by atoms with Crippen LogP contribution in [0.1, 0.15) is 43.7 Å². The molecule has 0 radical (unpaired) electrons. The smallest absolute Gasteiger partial charge is 0.0798 e. The summed E-state index contributed by atoms with van der Waals surface area (Å²) in [6, 6.07) is 0.632. The average molecular weight is 311 g/mol. The van der Waals surface area contributed by atoms with Crippen LogP contribution in [0.5, 0.6) is 0 Å². The van der Waals surface area contributed by atoms with Crippen LogP contribution in [0, 0.1) is 6.92 Å². The zero-order valence-corrected chi connectivity index (χ0v) is 14.7. The Bertz CT molecular complexity index is 445. The third kappa shape index (κ3) is 3.83. The van der Waals surface area contributed by atoms with E-state index < -0.39 is 0 Å². The van der Waals surface area contributed by atoms with E-state index in [1.165, 1.54) is 24.3 Å². The highest BCUT2D eigenvalue weighted by molar-refractivity contribution is 7.09. The fraction of sp³-hybridized carbons (Fsp3) is 0.812. The predicted molar refractivity (Wildman–Crippen MR) is 90.7 cm³/mol. The van der Waals surface area contributed by atoms with Crippen molar-refractivity contribution in [1.82, 2.24) is 14.8 Å². The minimum Gasteiger partial charge on any atom is -0.329 e. The highest BCUT2D eigenvalue weighted by Crippen LogP contribution is 2.30. The van der Waals surface area contributed by atoms with Crippen molar-refractivity contribution in [3.8, 4) is 0 Å². The monoisotopic (exact) mass is 310 g/mol. The number of aromatic nitrogens is 1. The van der Waals surface area contributed by atoms with Crippen LogP contribution in [0.2, 0.25) is 0 Å². The van der Waals surface area contributed by atoms with Crippen LogP contribution in [0.15, 0.2) is 5.51 Å². The van der Waals surface area contributed by atoms with E-state index in [1.807, 2.05) is 5.51 Å². The van der Waals surface area contributed by atoms with Gasteiger partial charge in [0.2, 0.25) is 0 Å². The number of likely N-dealkylation sites (N-methyl/N-ethyl adjacent to an activating group) is 1. The topological polar surface area (TPSA) is 45.4 Å². The molecule has 1 aliphatic rings. The molecule has 2 heterocycles. The standard InChI is InChI=1S/C16H30N4S/c1-13(2)20-8-5-6-16(11-17,7-9-20)19(4)10-15-14(3)18-12-21-15/h12-13H,5-11,17H2,1-4H3. The minimum absolute atomic E-state index is 0.139. The largest absolute Gasteiger partial charge is 0.329 e. The fourth-order valence-electron chi connectivity index (χ4n) is 3.32. The van der Waals surface area contributed by atoms with Crippen LogP contribution in [0.4, 0.5) is 0 Å². The van der Waals surface area contributed by atoms with Crippen molar-refractivity contribution in [2.75, 3.05) is 26.7 Å². The molecule has 1 aliphatic heterocycles. The highest BCUT2D eigenvalue weighted by atomic mass is 32.1. The van der Waals surface area contributed by atoms with Crippen LogP contribution >= 0.6 is 11.3 Å². The van der Waals surface area contributed by atoms with Gasteiger partial charge in [0.05, 0.1) is 11.2 Å². The third-order valence-electron chi connectivity index (χ3n) is 5.10. The second kappa shape index (κ2) is 7.18. The number of hydrogen-bond acceptors (Lipinski definition) is 5. The molecule has 0 amide bonds. The van der Waals surface area contributed by atoms with Gasteiger partial charge in [-0.15, -0.1) is 11.3 Å². The number of nitrogens with two attached hydrogens (primary N) is 1. The Kier molecular flexibility index (Phi) is 5.77. The lowest BCUT2D eigenvalue weighted by Gasteiger charge is -2.41. The molecule has 5 heteroatoms. The summed E-state index contributed by atoms with van der Waals surface area (Å²) in [6.07, 6.45) is 3.60. The Morgan fingerprint density at radius 3 is 2.76 bits per heavy atom. The van der Waals surface area contributed by atoms with E-state index in [2.05, 4.69) is 42.6 Å². The number of thiazole rings is 1. The number of likely N-dealkylation sites (tertiary alicyclic amines) is 1. The lowest BCUT2D eigenvalue weighted by Crippen LogP contribution is -2.52. The van der Waals surface area contributed by atoms with Crippen molar-refractivity contribution in [1.29, 1.82) is 0 Å². The zero-order chi connectivity index (χ0) is 15.5. The van der Waals surface area contributed by atoms with Gasteiger partial charge < -0.3 is 10.6 Å². The van der Waals surface area contributed by atoms with Crippen molar-refractivity contribution in [2.24, 2.45) is 5.73 Å². The summed E-state index contributed by atoms with van der Waals surface area (Å²) in [4.78, 5) is 10.8. The molecule has 2 N–H and O–H groups in total. The van der Waals surface area contributed by atoms with Crippen molar-refractivity contribution < 1.29 is 0 Å². The molecule has 1 aromatic rings. The minimum atomic E-state index is 0.139. The van der Waals surface area contributed by atoms with Gasteiger partial charge in [-0.1, -0.05) is 0 Å². The lowest BCUT2D eigenvalue weighted by atomic mass is 9.88. The fourth-order valence-corrected chi connectivity index (χ4v) is 4.15. The molecule has 1 saturated heterocycles. The maximum Gasteiger partial charge on any atom is 0.0798 e. The van der Waals surface area contributed by atoms with E-state index in [9.17, 15) is 0 Å². The summed E-state index contributed by atoms with van der Waals surface area (Å²) in [5.41, 5.74) is 9.47. The Balaban J connectivity index is 2.08. The molecule has 1 unspecified atom stereocenters. The zero-order valence-electron chi connectivity index (χ0n) is 13.9. The summed E-state index contributed by atoms with van der Waals surface area (Å²) in [6.45, 7) is 10.7. The molecule has 120 valence electrons. The van der Waals surface area contributed by atoms with E-state index >= 15 is 0 Å². The van der Waals surface area contributed by atoms with Crippen molar-refractivity contribution >= 4 is 11.3 Å². The van der Waals surface area contributed by atoms with Gasteiger partial charge in [-0.05, 0) is 53.6 Å². The van der Waals surface area contributed by atoms with Gasteiger partial charge >= 0.3 is 0 Å². The summed E-state index contributed by atoms with van der Waals surface area (Å²) >= 11 is 1.76. The first-order valence-electron chi connectivity index (χ1n) is 8.03. The molecule has 1 fully saturated rings. The van der Waals surface area contributed by atoms with Gasteiger partial charge in [0.1, 0.15) is 0 Å². The van der Waals surface area contributed by atoms with Crippen molar-refractivity contribution in [2.45, 2.75) is 58.2 Å². The molecule has 2 rings (SSSR count). The Morgan fingerprint density at radius 2 is 2.19 bits per heavy atom. The molecule has 1 aromatic heterocycles. The van der Waals surface area contributed by atoms with Crippen LogP contribution in [-0.2, 0) is 6.54 Å². The van der Waals surface area contributed by atoms with Crippen molar-refractivity contribution in [3.63, 3.8) is 0 Å². The van der Waals surface area contributed by atoms with Gasteiger partial charge in [0.15, 0.2) is 0 Å². The number of hydrogen-bond donors (Lipinski definition) is 1. The number of aryl methyl sites for hydroxylation is 1. The van der Waals surface area contributed by atoms with Crippen LogP contribution in [0.3, 0.4) is 0 Å². The summed E-state index contributed by atoms with van der Waals surface area (Å²) in [5, 5.41) is 0. The van der Waals surface area contributed by atoms with Crippen LogP contribution < -0.4 is 5.73 Å². The molecule has 0 spiro atoms. The molecular weight excluding hydrogens is 280 g/mol. The molecule has 0 aromatic carbocycles. The molecule has 4 nitrogen and oxygen atoms in total. The predicted octanol–water partition coefficient (Wildman–Crippen LogP) is 2.48. The quantitative estimate of drug-likeness (QED) is 0.907. The van der Waals surface area contributed by atoms with Gasteiger partial charge in [-0.25, -0.2) is 4.98 Å². The van der Waals surface area contributed by atoms with Gasteiger partial charge in [-0.2, -0.15) is 0 Å². The molecule has 0 aliphatic carbocycles. The maximum absolute atomic E-state index is 6.22. The number of rotatable bonds is 5. The van der Waals surface area contributed by atoms with Crippen LogP contribution in [-0.4, -0.2) is 53.0 Å². The summed E-state index contributed by atoms with van der Waals surface area (Å²) < 4.78 is 0. The van der Waals surface area contributed by atoms with E-state index in [0.29, 0.717) is 6.04 Å². The van der Waals surface area contributed by atoms with Crippen LogP contribution in [0.25, 0.3) is 0 Å². The number of nitrogens with zero attached hydrogens (tertiary/aromatic N) is 3. The Hall–Kier alpha value is -0.490. The molecule has 0 saturated carbocycles. The first-order valence-corrected chi connectivity index (χ1v) is 8.91. The lowest BCUT2D eigenvalue weighted by molar-refractivity contribution is 0.0982. The molecular formula is C16H30N4S. The van der Waals surface area contributed by atoms with E-state index in [0.717, 1.165) is 31.7 Å². The first kappa shape index (κ1) is 16.9. The van der Waals surface area contributed by atoms with E-state index in [4.69, 9.17) is 5.73 Å². The maximum atomic E-state index is 6.22. The van der Waals surface area contributed by atoms with E-state index in [1.54, 1.807) is 11.3 Å². The third-order valence-corrected chi connectivity index (χ3v) is 6.02. The summed E-state index contributed by atoms with van der Waals surface area (Å²) in [7, 11) is 2.23. The molecule has 0 bridgehead atoms. The van der Waals surface area contributed by atoms with E-state index in [-0.39, 0.29) is 5.54 Å². The van der Waals surface area contributed by atoms with Gasteiger partial charge in [0, 0.05) is 36.1 Å². The first-order chi connectivity index (χ1) is 9.98. The second-order valence-corrected chi connectivity index (χ2v) is 7.57.